The van der Waals surface area contributed by atoms with E-state index in [2.05, 4.69) is 10.3 Å². The topological polar surface area (TPSA) is 68.1 Å². The molecule has 2 aromatic rings. The molecule has 0 fully saturated rings. The Morgan fingerprint density at radius 2 is 2.17 bits per heavy atom. The van der Waals surface area contributed by atoms with Gasteiger partial charge in [-0.2, -0.15) is 0 Å². The third-order valence-corrected chi connectivity index (χ3v) is 2.72. The number of nitrogens with zero attached hydrogens (tertiary/aromatic N) is 2. The number of nitrogens with one attached hydrogen (secondary N) is 1. The maximum Gasteiger partial charge on any atom is 0.274 e. The SMILES string of the molecule is Cc1cc(Cl)c(Nc2ccccn2)cc1[N+](=O)[O-]. The predicted octanol–water partition coefficient (Wildman–Crippen LogP) is 3.70. The number of rotatable bonds is 3. The number of aryl methyl sites for hydroxylation is 1. The Hall–Kier alpha value is -2.14. The van der Waals surface area contributed by atoms with Crippen molar-refractivity contribution < 1.29 is 4.92 Å². The van der Waals surface area contributed by atoms with Crippen LogP contribution in [0.1, 0.15) is 5.56 Å². The van der Waals surface area contributed by atoms with Crippen LogP contribution in [0.2, 0.25) is 5.02 Å². The van der Waals surface area contributed by atoms with Gasteiger partial charge in [-0.25, -0.2) is 4.98 Å². The highest BCUT2D eigenvalue weighted by Gasteiger charge is 2.14. The number of nitro groups is 1. The number of nitro benzene ring substituents is 1. The lowest BCUT2D eigenvalue weighted by Gasteiger charge is -2.08. The third kappa shape index (κ3) is 2.57. The minimum absolute atomic E-state index is 0.0258. The van der Waals surface area contributed by atoms with Crippen molar-refractivity contribution >= 4 is 28.8 Å². The molecule has 0 saturated heterocycles. The highest BCUT2D eigenvalue weighted by atomic mass is 35.5. The summed E-state index contributed by atoms with van der Waals surface area (Å²) in [5, 5.41) is 14.2. The number of anilines is 2. The molecule has 0 aliphatic heterocycles. The summed E-state index contributed by atoms with van der Waals surface area (Å²) in [6, 6.07) is 8.32. The quantitative estimate of drug-likeness (QED) is 0.677. The number of benzene rings is 1. The largest absolute Gasteiger partial charge is 0.339 e. The van der Waals surface area contributed by atoms with Gasteiger partial charge in [0.1, 0.15) is 5.82 Å². The van der Waals surface area contributed by atoms with Crippen molar-refractivity contribution in [1.82, 2.24) is 4.98 Å². The summed E-state index contributed by atoms with van der Waals surface area (Å²) in [6.45, 7) is 1.65. The van der Waals surface area contributed by atoms with Gasteiger partial charge in [0, 0.05) is 17.8 Å². The van der Waals surface area contributed by atoms with E-state index >= 15 is 0 Å². The molecular formula is C12H10ClN3O2. The second-order valence-corrected chi connectivity index (χ2v) is 4.12. The summed E-state index contributed by atoms with van der Waals surface area (Å²) in [7, 11) is 0. The van der Waals surface area contributed by atoms with Crippen LogP contribution in [0.4, 0.5) is 17.2 Å². The fourth-order valence-electron chi connectivity index (χ4n) is 1.53. The van der Waals surface area contributed by atoms with Gasteiger partial charge in [-0.3, -0.25) is 10.1 Å². The minimum Gasteiger partial charge on any atom is -0.339 e. The van der Waals surface area contributed by atoms with E-state index in [0.29, 0.717) is 22.1 Å². The van der Waals surface area contributed by atoms with Crippen molar-refractivity contribution in [1.29, 1.82) is 0 Å². The fourth-order valence-corrected chi connectivity index (χ4v) is 1.79. The van der Waals surface area contributed by atoms with Crippen molar-refractivity contribution in [3.8, 4) is 0 Å². The first-order valence-electron chi connectivity index (χ1n) is 5.20. The van der Waals surface area contributed by atoms with E-state index in [9.17, 15) is 10.1 Å². The van der Waals surface area contributed by atoms with Crippen molar-refractivity contribution in [2.75, 3.05) is 5.32 Å². The lowest BCUT2D eigenvalue weighted by Crippen LogP contribution is -1.97. The van der Waals surface area contributed by atoms with E-state index in [4.69, 9.17) is 11.6 Å². The van der Waals surface area contributed by atoms with Gasteiger partial charge in [0.25, 0.3) is 5.69 Å². The molecule has 18 heavy (non-hydrogen) atoms. The molecule has 92 valence electrons. The molecule has 0 aliphatic rings. The van der Waals surface area contributed by atoms with Gasteiger partial charge in [0.15, 0.2) is 0 Å². The summed E-state index contributed by atoms with van der Waals surface area (Å²) in [5.74, 6) is 0.581. The lowest BCUT2D eigenvalue weighted by atomic mass is 10.2. The second-order valence-electron chi connectivity index (χ2n) is 3.72. The lowest BCUT2D eigenvalue weighted by molar-refractivity contribution is -0.385. The number of aromatic nitrogens is 1. The van der Waals surface area contributed by atoms with Crippen LogP contribution >= 0.6 is 11.6 Å². The van der Waals surface area contributed by atoms with Crippen LogP contribution in [0.5, 0.6) is 0 Å². The van der Waals surface area contributed by atoms with Crippen molar-refractivity contribution in [3.05, 3.63) is 57.2 Å². The highest BCUT2D eigenvalue weighted by molar-refractivity contribution is 6.33. The van der Waals surface area contributed by atoms with Crippen molar-refractivity contribution in [3.63, 3.8) is 0 Å². The van der Waals surface area contributed by atoms with E-state index in [-0.39, 0.29) is 5.69 Å². The Kier molecular flexibility index (Phi) is 3.43. The molecule has 0 atom stereocenters. The van der Waals surface area contributed by atoms with Crippen LogP contribution < -0.4 is 5.32 Å². The Morgan fingerprint density at radius 3 is 2.78 bits per heavy atom. The van der Waals surface area contributed by atoms with Crippen molar-refractivity contribution in [2.24, 2.45) is 0 Å². The van der Waals surface area contributed by atoms with Gasteiger partial charge in [-0.1, -0.05) is 17.7 Å². The number of hydrogen-bond acceptors (Lipinski definition) is 4. The summed E-state index contributed by atoms with van der Waals surface area (Å²) in [5.41, 5.74) is 1.02. The van der Waals surface area contributed by atoms with Gasteiger partial charge in [-0.15, -0.1) is 0 Å². The standard InChI is InChI=1S/C12H10ClN3O2/c1-8-6-9(13)10(7-11(8)16(17)18)15-12-4-2-3-5-14-12/h2-7H,1H3,(H,14,15). The fraction of sp³-hybridized carbons (Fsp3) is 0.0833. The first-order valence-corrected chi connectivity index (χ1v) is 5.58. The molecule has 1 N–H and O–H groups in total. The zero-order valence-electron chi connectivity index (χ0n) is 9.55. The van der Waals surface area contributed by atoms with Gasteiger partial charge < -0.3 is 5.32 Å². The molecule has 0 radical (unpaired) electrons. The molecule has 0 amide bonds. The number of halogens is 1. The van der Waals surface area contributed by atoms with Crippen LogP contribution in [0, 0.1) is 17.0 Å². The zero-order valence-corrected chi connectivity index (χ0v) is 10.3. The maximum atomic E-state index is 10.9. The van der Waals surface area contributed by atoms with Crippen LogP contribution in [0.25, 0.3) is 0 Å². The zero-order chi connectivity index (χ0) is 13.1. The Bertz CT molecular complexity index is 587. The molecule has 0 unspecified atom stereocenters. The molecule has 1 aromatic heterocycles. The second kappa shape index (κ2) is 5.01. The molecule has 5 nitrogen and oxygen atoms in total. The average Bonchev–Trinajstić information content (AvgIpc) is 2.33. The van der Waals surface area contributed by atoms with E-state index < -0.39 is 4.92 Å². The molecule has 2 rings (SSSR count). The van der Waals surface area contributed by atoms with E-state index in [1.54, 1.807) is 31.3 Å². The van der Waals surface area contributed by atoms with Crippen LogP contribution in [0.15, 0.2) is 36.5 Å². The normalized spacial score (nSPS) is 10.1. The molecule has 1 aromatic carbocycles. The van der Waals surface area contributed by atoms with Gasteiger partial charge >= 0.3 is 0 Å². The summed E-state index contributed by atoms with van der Waals surface area (Å²) in [4.78, 5) is 14.5. The summed E-state index contributed by atoms with van der Waals surface area (Å²) >= 11 is 6.04. The molecule has 1 heterocycles. The van der Waals surface area contributed by atoms with Gasteiger partial charge in [0.05, 0.1) is 15.6 Å². The molecule has 0 bridgehead atoms. The first kappa shape index (κ1) is 12.3. The van der Waals surface area contributed by atoms with E-state index in [1.165, 1.54) is 6.07 Å². The minimum atomic E-state index is -0.435. The van der Waals surface area contributed by atoms with E-state index in [0.717, 1.165) is 0 Å². The highest BCUT2D eigenvalue weighted by Crippen LogP contribution is 2.31. The Balaban J connectivity index is 2.39. The predicted molar refractivity (Wildman–Crippen MR) is 70.4 cm³/mol. The van der Waals surface area contributed by atoms with Crippen LogP contribution in [-0.4, -0.2) is 9.91 Å². The first-order chi connectivity index (χ1) is 8.58. The summed E-state index contributed by atoms with van der Waals surface area (Å²) in [6.07, 6.45) is 1.62. The molecule has 0 saturated carbocycles. The molecular weight excluding hydrogens is 254 g/mol. The molecule has 0 spiro atoms. The molecule has 0 aliphatic carbocycles. The van der Waals surface area contributed by atoms with E-state index in [1.807, 2.05) is 6.07 Å². The molecule has 6 heteroatoms. The van der Waals surface area contributed by atoms with Crippen LogP contribution in [0.3, 0.4) is 0 Å². The average molecular weight is 264 g/mol. The Morgan fingerprint density at radius 1 is 1.39 bits per heavy atom. The van der Waals surface area contributed by atoms with Crippen LogP contribution in [-0.2, 0) is 0 Å². The van der Waals surface area contributed by atoms with Gasteiger partial charge in [-0.05, 0) is 25.1 Å². The van der Waals surface area contributed by atoms with Gasteiger partial charge in [0.2, 0.25) is 0 Å². The summed E-state index contributed by atoms with van der Waals surface area (Å²) < 4.78 is 0. The maximum absolute atomic E-state index is 10.9. The number of hydrogen-bond donors (Lipinski definition) is 1. The third-order valence-electron chi connectivity index (χ3n) is 2.41. The van der Waals surface area contributed by atoms with Crippen molar-refractivity contribution in [2.45, 2.75) is 6.92 Å². The Labute approximate surface area is 109 Å². The smallest absolute Gasteiger partial charge is 0.274 e. The monoisotopic (exact) mass is 263 g/mol. The number of pyridine rings is 1.